The second kappa shape index (κ2) is 7.44. The molecule has 3 rings (SSSR count). The van der Waals surface area contributed by atoms with Crippen LogP contribution in [0.2, 0.25) is 5.02 Å². The number of halogens is 1. The molecule has 1 saturated heterocycles. The maximum absolute atomic E-state index is 12.3. The molecule has 23 heavy (non-hydrogen) atoms. The lowest BCUT2D eigenvalue weighted by Crippen LogP contribution is -2.43. The molecule has 0 amide bonds. The lowest BCUT2D eigenvalue weighted by molar-refractivity contribution is 0.104. The molecule has 2 aromatic carbocycles. The quantitative estimate of drug-likeness (QED) is 0.687. The van der Waals surface area contributed by atoms with Gasteiger partial charge in [0.2, 0.25) is 0 Å². The van der Waals surface area contributed by atoms with Crippen molar-refractivity contribution >= 4 is 29.1 Å². The molecule has 0 aromatic heterocycles. The first kappa shape index (κ1) is 15.8. The van der Waals surface area contributed by atoms with E-state index in [0.29, 0.717) is 10.6 Å². The van der Waals surface area contributed by atoms with Crippen LogP contribution in [0, 0.1) is 0 Å². The van der Waals surface area contributed by atoms with Crippen LogP contribution < -0.4 is 10.2 Å². The fourth-order valence-electron chi connectivity index (χ4n) is 2.63. The molecular weight excluding hydrogens is 308 g/mol. The van der Waals surface area contributed by atoms with Crippen molar-refractivity contribution in [2.75, 3.05) is 31.1 Å². The van der Waals surface area contributed by atoms with Gasteiger partial charge in [0.05, 0.1) is 0 Å². The van der Waals surface area contributed by atoms with Gasteiger partial charge >= 0.3 is 0 Å². The van der Waals surface area contributed by atoms with Gasteiger partial charge < -0.3 is 10.2 Å². The van der Waals surface area contributed by atoms with Gasteiger partial charge in [-0.1, -0.05) is 29.8 Å². The van der Waals surface area contributed by atoms with Crippen molar-refractivity contribution < 1.29 is 4.79 Å². The summed E-state index contributed by atoms with van der Waals surface area (Å²) in [5.74, 6) is -0.0169. The number of nitrogens with one attached hydrogen (secondary N) is 1. The fraction of sp³-hybridized carbons (Fsp3) is 0.211. The number of carbonyl (C=O) groups is 1. The van der Waals surface area contributed by atoms with Crippen LogP contribution in [-0.2, 0) is 0 Å². The monoisotopic (exact) mass is 326 g/mol. The van der Waals surface area contributed by atoms with Crippen molar-refractivity contribution in [2.45, 2.75) is 0 Å². The van der Waals surface area contributed by atoms with Crippen LogP contribution in [0.5, 0.6) is 0 Å². The van der Waals surface area contributed by atoms with Crippen molar-refractivity contribution in [2.24, 2.45) is 0 Å². The highest BCUT2D eigenvalue weighted by Gasteiger charge is 2.10. The van der Waals surface area contributed by atoms with Gasteiger partial charge in [0.1, 0.15) is 0 Å². The summed E-state index contributed by atoms with van der Waals surface area (Å²) in [6.45, 7) is 4.00. The van der Waals surface area contributed by atoms with E-state index in [4.69, 9.17) is 11.6 Å². The van der Waals surface area contributed by atoms with E-state index in [1.807, 2.05) is 48.5 Å². The summed E-state index contributed by atoms with van der Waals surface area (Å²) in [5, 5.41) is 3.98. The molecule has 1 fully saturated rings. The van der Waals surface area contributed by atoms with Crippen LogP contribution in [0.25, 0.3) is 6.08 Å². The highest BCUT2D eigenvalue weighted by molar-refractivity contribution is 6.32. The number of allylic oxidation sites excluding steroid dienone is 1. The molecule has 0 bridgehead atoms. The smallest absolute Gasteiger partial charge is 0.185 e. The van der Waals surface area contributed by atoms with Gasteiger partial charge in [-0.3, -0.25) is 4.79 Å². The standard InChI is InChI=1S/C19H19ClN2O/c20-18-4-2-1-3-15(18)7-10-19(23)16-5-8-17(9-6-16)22-13-11-21-12-14-22/h1-10,21H,11-14H2/b10-7+. The number of hydrogen-bond acceptors (Lipinski definition) is 3. The summed E-state index contributed by atoms with van der Waals surface area (Å²) < 4.78 is 0. The molecule has 0 spiro atoms. The molecule has 1 heterocycles. The Balaban J connectivity index is 1.69. The van der Waals surface area contributed by atoms with E-state index in [1.165, 1.54) is 0 Å². The summed E-state index contributed by atoms with van der Waals surface area (Å²) >= 11 is 6.09. The van der Waals surface area contributed by atoms with E-state index in [9.17, 15) is 4.79 Å². The van der Waals surface area contributed by atoms with Crippen LogP contribution in [0.4, 0.5) is 5.69 Å². The Hall–Kier alpha value is -2.10. The van der Waals surface area contributed by atoms with Crippen molar-refractivity contribution in [1.82, 2.24) is 5.32 Å². The molecule has 4 heteroatoms. The Morgan fingerprint density at radius 2 is 1.74 bits per heavy atom. The van der Waals surface area contributed by atoms with Crippen LogP contribution in [0.15, 0.2) is 54.6 Å². The second-order valence-electron chi connectivity index (χ2n) is 5.50. The zero-order valence-corrected chi connectivity index (χ0v) is 13.6. The number of anilines is 1. The Bertz CT molecular complexity index is 704. The number of benzene rings is 2. The molecule has 118 valence electrons. The minimum Gasteiger partial charge on any atom is -0.369 e. The molecule has 3 nitrogen and oxygen atoms in total. The highest BCUT2D eigenvalue weighted by Crippen LogP contribution is 2.18. The van der Waals surface area contributed by atoms with Gasteiger partial charge in [0, 0.05) is 42.5 Å². The summed E-state index contributed by atoms with van der Waals surface area (Å²) in [4.78, 5) is 14.6. The Morgan fingerprint density at radius 1 is 1.04 bits per heavy atom. The normalized spacial score (nSPS) is 15.1. The van der Waals surface area contributed by atoms with E-state index in [0.717, 1.165) is 37.4 Å². The van der Waals surface area contributed by atoms with Gasteiger partial charge in [-0.2, -0.15) is 0 Å². The molecule has 0 unspecified atom stereocenters. The minimum absolute atomic E-state index is 0.0169. The third kappa shape index (κ3) is 4.01. The molecule has 1 aliphatic rings. The van der Waals surface area contributed by atoms with E-state index in [-0.39, 0.29) is 5.78 Å². The number of carbonyl (C=O) groups excluding carboxylic acids is 1. The summed E-state index contributed by atoms with van der Waals surface area (Å²) in [6.07, 6.45) is 3.33. The van der Waals surface area contributed by atoms with Gasteiger partial charge in [-0.25, -0.2) is 0 Å². The molecule has 0 aliphatic carbocycles. The van der Waals surface area contributed by atoms with Crippen LogP contribution in [0.3, 0.4) is 0 Å². The van der Waals surface area contributed by atoms with E-state index >= 15 is 0 Å². The van der Waals surface area contributed by atoms with Crippen LogP contribution in [-0.4, -0.2) is 32.0 Å². The van der Waals surface area contributed by atoms with E-state index in [2.05, 4.69) is 10.2 Å². The van der Waals surface area contributed by atoms with Crippen LogP contribution >= 0.6 is 11.6 Å². The Kier molecular flexibility index (Phi) is 5.11. The largest absolute Gasteiger partial charge is 0.369 e. The third-order valence-electron chi connectivity index (χ3n) is 3.95. The van der Waals surface area contributed by atoms with Crippen molar-refractivity contribution in [3.8, 4) is 0 Å². The molecule has 0 saturated carbocycles. The van der Waals surface area contributed by atoms with Crippen LogP contribution in [0.1, 0.15) is 15.9 Å². The number of piperazine rings is 1. The third-order valence-corrected chi connectivity index (χ3v) is 4.30. The number of rotatable bonds is 4. The Labute approximate surface area is 141 Å². The highest BCUT2D eigenvalue weighted by atomic mass is 35.5. The van der Waals surface area contributed by atoms with Gasteiger partial charge in [0.25, 0.3) is 0 Å². The average Bonchev–Trinajstić information content (AvgIpc) is 2.62. The minimum atomic E-state index is -0.0169. The predicted molar refractivity (Wildman–Crippen MR) is 96.3 cm³/mol. The summed E-state index contributed by atoms with van der Waals surface area (Å²) in [6, 6.07) is 15.3. The number of hydrogen-bond donors (Lipinski definition) is 1. The maximum Gasteiger partial charge on any atom is 0.185 e. The Morgan fingerprint density at radius 3 is 2.43 bits per heavy atom. The second-order valence-corrected chi connectivity index (χ2v) is 5.91. The number of nitrogens with zero attached hydrogens (tertiary/aromatic N) is 1. The van der Waals surface area contributed by atoms with E-state index in [1.54, 1.807) is 12.2 Å². The number of ketones is 1. The molecule has 1 N–H and O–H groups in total. The first-order chi connectivity index (χ1) is 11.2. The maximum atomic E-state index is 12.3. The SMILES string of the molecule is O=C(/C=C/c1ccccc1Cl)c1ccc(N2CCNCC2)cc1. The van der Waals surface area contributed by atoms with Gasteiger partial charge in [-0.15, -0.1) is 0 Å². The lowest BCUT2D eigenvalue weighted by Gasteiger charge is -2.29. The molecule has 2 aromatic rings. The molecule has 1 aliphatic heterocycles. The van der Waals surface area contributed by atoms with Gasteiger partial charge in [0.15, 0.2) is 5.78 Å². The zero-order valence-electron chi connectivity index (χ0n) is 12.8. The summed E-state index contributed by atoms with van der Waals surface area (Å²) in [7, 11) is 0. The first-order valence-electron chi connectivity index (χ1n) is 7.77. The van der Waals surface area contributed by atoms with Crippen molar-refractivity contribution in [1.29, 1.82) is 0 Å². The summed E-state index contributed by atoms with van der Waals surface area (Å²) in [5.41, 5.74) is 2.70. The predicted octanol–water partition coefficient (Wildman–Crippen LogP) is 3.65. The molecule has 0 atom stereocenters. The molecular formula is C19H19ClN2O. The van der Waals surface area contributed by atoms with E-state index < -0.39 is 0 Å². The van der Waals surface area contributed by atoms with Gasteiger partial charge in [-0.05, 0) is 48.0 Å². The topological polar surface area (TPSA) is 32.3 Å². The average molecular weight is 327 g/mol. The zero-order chi connectivity index (χ0) is 16.1. The first-order valence-corrected chi connectivity index (χ1v) is 8.14. The van der Waals surface area contributed by atoms with Crippen molar-refractivity contribution in [3.05, 3.63) is 70.8 Å². The fourth-order valence-corrected chi connectivity index (χ4v) is 2.83. The lowest BCUT2D eigenvalue weighted by atomic mass is 10.1. The molecule has 0 radical (unpaired) electrons. The van der Waals surface area contributed by atoms with Crippen molar-refractivity contribution in [3.63, 3.8) is 0 Å².